The molecule has 5 nitrogen and oxygen atoms in total. The minimum Gasteiger partial charge on any atom is -0.480 e. The molecule has 6 heteroatoms. The second-order valence-corrected chi connectivity index (χ2v) is 7.14. The Kier molecular flexibility index (Phi) is 4.71. The predicted molar refractivity (Wildman–Crippen MR) is 86.9 cm³/mol. The highest BCUT2D eigenvalue weighted by Gasteiger charge is 2.34. The van der Waals surface area contributed by atoms with Crippen molar-refractivity contribution in [2.75, 3.05) is 5.75 Å². The van der Waals surface area contributed by atoms with E-state index in [0.717, 1.165) is 24.0 Å². The molecule has 1 fully saturated rings. The van der Waals surface area contributed by atoms with Gasteiger partial charge in [0.2, 0.25) is 5.91 Å². The molecule has 1 aliphatic heterocycles. The van der Waals surface area contributed by atoms with Crippen molar-refractivity contribution in [3.63, 3.8) is 0 Å². The number of carbonyl (C=O) groups is 3. The summed E-state index contributed by atoms with van der Waals surface area (Å²) in [6.45, 7) is 0.327. The van der Waals surface area contributed by atoms with Gasteiger partial charge in [0.05, 0.1) is 0 Å². The Balaban J connectivity index is 1.62. The third-order valence-electron chi connectivity index (χ3n) is 4.32. The molecule has 1 atom stereocenters. The Hall–Kier alpha value is -1.82. The minimum atomic E-state index is -0.977. The zero-order valence-electron chi connectivity index (χ0n) is 12.7. The molecule has 122 valence electrons. The Morgan fingerprint density at radius 3 is 2.52 bits per heavy atom. The van der Waals surface area contributed by atoms with Gasteiger partial charge in [0.15, 0.2) is 5.12 Å². The number of carbonyl (C=O) groups excluding carboxylic acids is 2. The zero-order chi connectivity index (χ0) is 16.4. The topological polar surface area (TPSA) is 74.7 Å². The smallest absolute Gasteiger partial charge is 0.326 e. The normalized spacial score (nSPS) is 20.0. The molecule has 0 radical (unpaired) electrons. The van der Waals surface area contributed by atoms with E-state index in [1.165, 1.54) is 16.7 Å². The summed E-state index contributed by atoms with van der Waals surface area (Å²) in [5, 5.41) is 9.59. The number of nitrogens with zero attached hydrogens (tertiary/aromatic N) is 1. The maximum Gasteiger partial charge on any atom is 0.326 e. The molecular formula is C17H19NO4S. The molecule has 0 spiro atoms. The lowest BCUT2D eigenvalue weighted by Gasteiger charge is -2.34. The van der Waals surface area contributed by atoms with Crippen LogP contribution >= 0.6 is 11.8 Å². The van der Waals surface area contributed by atoms with Crippen LogP contribution in [-0.4, -0.2) is 38.8 Å². The number of aliphatic carboxylic acids is 1. The molecule has 1 aromatic carbocycles. The maximum absolute atomic E-state index is 12.4. The fraction of sp³-hybridized carbons (Fsp3) is 0.471. The number of carboxylic acids is 1. The number of fused-ring (bicyclic) bond motifs is 1. The molecule has 1 saturated carbocycles. The highest BCUT2D eigenvalue weighted by molar-refractivity contribution is 8.13. The third-order valence-corrected chi connectivity index (χ3v) is 5.35. The average Bonchev–Trinajstić information content (AvgIpc) is 3.38. The second-order valence-electron chi connectivity index (χ2n) is 6.04. The Morgan fingerprint density at radius 1 is 1.17 bits per heavy atom. The first-order valence-electron chi connectivity index (χ1n) is 7.82. The number of hydrogen-bond acceptors (Lipinski definition) is 4. The highest BCUT2D eigenvalue weighted by Crippen LogP contribution is 2.34. The van der Waals surface area contributed by atoms with Crippen LogP contribution in [0.1, 0.15) is 30.4 Å². The Bertz CT molecular complexity index is 641. The van der Waals surface area contributed by atoms with Crippen molar-refractivity contribution in [2.45, 2.75) is 38.3 Å². The molecule has 1 unspecified atom stereocenters. The van der Waals surface area contributed by atoms with Gasteiger partial charge in [-0.3, -0.25) is 9.59 Å². The van der Waals surface area contributed by atoms with E-state index in [2.05, 4.69) is 0 Å². The van der Waals surface area contributed by atoms with Gasteiger partial charge in [0, 0.05) is 31.1 Å². The quantitative estimate of drug-likeness (QED) is 0.893. The summed E-state index contributed by atoms with van der Waals surface area (Å²) < 4.78 is 0. The van der Waals surface area contributed by atoms with E-state index in [-0.39, 0.29) is 23.4 Å². The maximum atomic E-state index is 12.4. The van der Waals surface area contributed by atoms with Crippen LogP contribution in [0.2, 0.25) is 0 Å². The molecule has 1 heterocycles. The first-order chi connectivity index (χ1) is 11.1. The summed E-state index contributed by atoms with van der Waals surface area (Å²) in [5.74, 6) is -0.556. The molecule has 1 aromatic rings. The fourth-order valence-corrected chi connectivity index (χ4v) is 3.77. The predicted octanol–water partition coefficient (Wildman–Crippen LogP) is 2.08. The number of rotatable bonds is 5. The molecule has 23 heavy (non-hydrogen) atoms. The molecule has 0 saturated heterocycles. The van der Waals surface area contributed by atoms with Gasteiger partial charge < -0.3 is 10.0 Å². The summed E-state index contributed by atoms with van der Waals surface area (Å²) in [7, 11) is 0. The fourth-order valence-electron chi connectivity index (χ4n) is 2.83. The van der Waals surface area contributed by atoms with E-state index in [0.29, 0.717) is 18.7 Å². The van der Waals surface area contributed by atoms with Crippen LogP contribution < -0.4 is 0 Å². The van der Waals surface area contributed by atoms with Gasteiger partial charge in [0.1, 0.15) is 6.04 Å². The van der Waals surface area contributed by atoms with Crippen LogP contribution in [0.3, 0.4) is 0 Å². The monoisotopic (exact) mass is 333 g/mol. The van der Waals surface area contributed by atoms with Gasteiger partial charge >= 0.3 is 5.97 Å². The van der Waals surface area contributed by atoms with Gasteiger partial charge in [-0.25, -0.2) is 4.79 Å². The van der Waals surface area contributed by atoms with Crippen molar-refractivity contribution in [3.05, 3.63) is 35.4 Å². The Labute approximate surface area is 139 Å². The standard InChI is InChI=1S/C17H19NO4S/c19-15(7-8-23-17(22)11-5-6-11)18-10-13-4-2-1-3-12(13)9-14(18)16(20)21/h1-4,11,14H,5-10H2,(H,20,21). The van der Waals surface area contributed by atoms with Crippen molar-refractivity contribution in [1.82, 2.24) is 4.90 Å². The van der Waals surface area contributed by atoms with E-state index in [9.17, 15) is 19.5 Å². The van der Waals surface area contributed by atoms with Crippen molar-refractivity contribution < 1.29 is 19.5 Å². The summed E-state index contributed by atoms with van der Waals surface area (Å²) in [6.07, 6.45) is 2.47. The van der Waals surface area contributed by atoms with E-state index in [4.69, 9.17) is 0 Å². The lowest BCUT2D eigenvalue weighted by Crippen LogP contribution is -2.48. The minimum absolute atomic E-state index is 0.163. The van der Waals surface area contributed by atoms with Crippen molar-refractivity contribution in [3.8, 4) is 0 Å². The molecule has 2 aliphatic rings. The van der Waals surface area contributed by atoms with E-state index < -0.39 is 12.0 Å². The van der Waals surface area contributed by atoms with Crippen LogP contribution in [0, 0.1) is 5.92 Å². The van der Waals surface area contributed by atoms with Crippen LogP contribution in [0.4, 0.5) is 0 Å². The van der Waals surface area contributed by atoms with Crippen molar-refractivity contribution in [1.29, 1.82) is 0 Å². The third kappa shape index (κ3) is 3.75. The van der Waals surface area contributed by atoms with Gasteiger partial charge in [-0.1, -0.05) is 36.0 Å². The summed E-state index contributed by atoms with van der Waals surface area (Å²) in [4.78, 5) is 37.0. The first-order valence-corrected chi connectivity index (χ1v) is 8.80. The van der Waals surface area contributed by atoms with Crippen LogP contribution in [0.25, 0.3) is 0 Å². The van der Waals surface area contributed by atoms with Crippen molar-refractivity contribution >= 4 is 28.8 Å². The molecular weight excluding hydrogens is 314 g/mol. The zero-order valence-corrected chi connectivity index (χ0v) is 13.6. The molecule has 1 aliphatic carbocycles. The van der Waals surface area contributed by atoms with Crippen LogP contribution in [0.5, 0.6) is 0 Å². The van der Waals surface area contributed by atoms with Crippen LogP contribution in [0.15, 0.2) is 24.3 Å². The lowest BCUT2D eigenvalue weighted by atomic mass is 9.94. The summed E-state index contributed by atoms with van der Waals surface area (Å²) >= 11 is 1.20. The average molecular weight is 333 g/mol. The van der Waals surface area contributed by atoms with Gasteiger partial charge in [-0.05, 0) is 24.0 Å². The Morgan fingerprint density at radius 2 is 1.87 bits per heavy atom. The van der Waals surface area contributed by atoms with E-state index in [1.54, 1.807) is 0 Å². The van der Waals surface area contributed by atoms with E-state index >= 15 is 0 Å². The molecule has 1 N–H and O–H groups in total. The molecule has 1 amide bonds. The van der Waals surface area contributed by atoms with E-state index in [1.807, 2.05) is 24.3 Å². The summed E-state index contributed by atoms with van der Waals surface area (Å²) in [5.41, 5.74) is 1.99. The van der Waals surface area contributed by atoms with Gasteiger partial charge in [0.25, 0.3) is 0 Å². The largest absolute Gasteiger partial charge is 0.480 e. The molecule has 0 aromatic heterocycles. The van der Waals surface area contributed by atoms with Gasteiger partial charge in [-0.15, -0.1) is 0 Å². The number of carboxylic acid groups (broad SMARTS) is 1. The first kappa shape index (κ1) is 16.1. The molecule has 0 bridgehead atoms. The number of benzene rings is 1. The SMILES string of the molecule is O=C(SCCC(=O)N1Cc2ccccc2CC1C(=O)O)C1CC1. The number of hydrogen-bond donors (Lipinski definition) is 1. The molecule has 3 rings (SSSR count). The highest BCUT2D eigenvalue weighted by atomic mass is 32.2. The van der Waals surface area contributed by atoms with Crippen molar-refractivity contribution in [2.24, 2.45) is 5.92 Å². The second kappa shape index (κ2) is 6.74. The lowest BCUT2D eigenvalue weighted by molar-refractivity contribution is -0.151. The van der Waals surface area contributed by atoms with Crippen LogP contribution in [-0.2, 0) is 27.3 Å². The number of amides is 1. The van der Waals surface area contributed by atoms with Gasteiger partial charge in [-0.2, -0.15) is 0 Å². The summed E-state index contributed by atoms with van der Waals surface area (Å²) in [6, 6.07) is 6.81. The number of thioether (sulfide) groups is 1.